The summed E-state index contributed by atoms with van der Waals surface area (Å²) in [5.41, 5.74) is 5.10. The Labute approximate surface area is 222 Å². The first kappa shape index (κ1) is 27.1. The molecule has 4 rings (SSSR count). The number of nitrogens with zero attached hydrogens (tertiary/aromatic N) is 2. The minimum atomic E-state index is -4.24. The van der Waals surface area contributed by atoms with Crippen LogP contribution in [-0.2, 0) is 20.2 Å². The molecule has 0 saturated carbocycles. The number of carbonyl (C=O) groups excluding carboxylic acids is 1. The van der Waals surface area contributed by atoms with E-state index in [0.29, 0.717) is 23.8 Å². The number of benzene rings is 3. The highest BCUT2D eigenvalue weighted by Gasteiger charge is 2.29. The summed E-state index contributed by atoms with van der Waals surface area (Å²) >= 11 is 0. The molecular weight excluding hydrogens is 509 g/mol. The van der Waals surface area contributed by atoms with Crippen LogP contribution in [-0.4, -0.2) is 39.8 Å². The Morgan fingerprint density at radius 3 is 2.24 bits per heavy atom. The van der Waals surface area contributed by atoms with Crippen LogP contribution in [0.2, 0.25) is 0 Å². The van der Waals surface area contributed by atoms with Gasteiger partial charge in [-0.3, -0.25) is 9.10 Å². The van der Waals surface area contributed by atoms with Gasteiger partial charge in [0.1, 0.15) is 25.6 Å². The fourth-order valence-electron chi connectivity index (χ4n) is 3.82. The van der Waals surface area contributed by atoms with Crippen LogP contribution in [0.15, 0.2) is 76.7 Å². The van der Waals surface area contributed by atoms with E-state index in [9.17, 15) is 17.6 Å². The number of sulfonamides is 1. The van der Waals surface area contributed by atoms with Crippen molar-refractivity contribution in [2.24, 2.45) is 5.10 Å². The van der Waals surface area contributed by atoms with Gasteiger partial charge in [-0.15, -0.1) is 0 Å². The SMILES string of the molecule is CC(=NNC(=O)CN(c1ccc(F)cc1)S(=O)(=O)c1ccc2c(c1)OCCO2)c1ccc(C(C)(C)C)cc1. The molecule has 10 heteroatoms. The highest BCUT2D eigenvalue weighted by Crippen LogP contribution is 2.34. The summed E-state index contributed by atoms with van der Waals surface area (Å²) in [5.74, 6) is -0.478. The van der Waals surface area contributed by atoms with Gasteiger partial charge in [-0.2, -0.15) is 5.10 Å². The van der Waals surface area contributed by atoms with Crippen LogP contribution in [0.4, 0.5) is 10.1 Å². The monoisotopic (exact) mass is 539 g/mol. The lowest BCUT2D eigenvalue weighted by Crippen LogP contribution is -2.39. The largest absolute Gasteiger partial charge is 0.486 e. The average molecular weight is 540 g/mol. The van der Waals surface area contributed by atoms with E-state index in [0.717, 1.165) is 27.6 Å². The molecule has 38 heavy (non-hydrogen) atoms. The molecule has 0 aliphatic carbocycles. The van der Waals surface area contributed by atoms with Gasteiger partial charge in [0.15, 0.2) is 11.5 Å². The summed E-state index contributed by atoms with van der Waals surface area (Å²) < 4.78 is 52.7. The molecule has 0 spiro atoms. The van der Waals surface area contributed by atoms with E-state index < -0.39 is 28.3 Å². The van der Waals surface area contributed by atoms with Crippen LogP contribution in [0.5, 0.6) is 11.5 Å². The fourth-order valence-corrected chi connectivity index (χ4v) is 5.26. The Balaban J connectivity index is 1.57. The van der Waals surface area contributed by atoms with Crippen LogP contribution < -0.4 is 19.2 Å². The minimum absolute atomic E-state index is 0.00427. The molecule has 3 aromatic carbocycles. The highest BCUT2D eigenvalue weighted by molar-refractivity contribution is 7.92. The fraction of sp³-hybridized carbons (Fsp3) is 0.286. The van der Waals surface area contributed by atoms with Crippen LogP contribution in [0.25, 0.3) is 0 Å². The Morgan fingerprint density at radius 2 is 1.61 bits per heavy atom. The zero-order valence-corrected chi connectivity index (χ0v) is 22.5. The van der Waals surface area contributed by atoms with E-state index in [2.05, 4.69) is 31.3 Å². The number of halogens is 1. The Morgan fingerprint density at radius 1 is 0.974 bits per heavy atom. The smallest absolute Gasteiger partial charge is 0.264 e. The Kier molecular flexibility index (Phi) is 7.73. The molecule has 1 aliphatic rings. The zero-order valence-electron chi connectivity index (χ0n) is 21.7. The molecule has 1 amide bonds. The topological polar surface area (TPSA) is 97.3 Å². The molecule has 200 valence electrons. The number of amides is 1. The Hall–Kier alpha value is -3.92. The molecule has 0 bridgehead atoms. The number of ether oxygens (including phenoxy) is 2. The maximum atomic E-state index is 13.6. The van der Waals surface area contributed by atoms with Crippen molar-refractivity contribution in [1.29, 1.82) is 0 Å². The first-order valence-corrected chi connectivity index (χ1v) is 13.5. The van der Waals surface area contributed by atoms with Gasteiger partial charge in [0, 0.05) is 6.07 Å². The van der Waals surface area contributed by atoms with Crippen molar-refractivity contribution < 1.29 is 27.1 Å². The van der Waals surface area contributed by atoms with Gasteiger partial charge in [0.25, 0.3) is 15.9 Å². The molecule has 1 N–H and O–H groups in total. The summed E-state index contributed by atoms with van der Waals surface area (Å²) in [6.45, 7) is 8.18. The van der Waals surface area contributed by atoms with Crippen molar-refractivity contribution in [3.8, 4) is 11.5 Å². The highest BCUT2D eigenvalue weighted by atomic mass is 32.2. The molecule has 8 nitrogen and oxygen atoms in total. The van der Waals surface area contributed by atoms with Crippen molar-refractivity contribution >= 4 is 27.3 Å². The maximum absolute atomic E-state index is 13.6. The molecule has 0 fully saturated rings. The van der Waals surface area contributed by atoms with E-state index in [4.69, 9.17) is 9.47 Å². The molecule has 0 unspecified atom stereocenters. The molecular formula is C28H30FN3O5S. The minimum Gasteiger partial charge on any atom is -0.486 e. The van der Waals surface area contributed by atoms with E-state index in [1.807, 2.05) is 24.3 Å². The molecule has 0 aromatic heterocycles. The summed E-state index contributed by atoms with van der Waals surface area (Å²) in [4.78, 5) is 12.8. The van der Waals surface area contributed by atoms with Gasteiger partial charge < -0.3 is 9.47 Å². The quantitative estimate of drug-likeness (QED) is 0.349. The lowest BCUT2D eigenvalue weighted by molar-refractivity contribution is -0.119. The molecule has 3 aromatic rings. The van der Waals surface area contributed by atoms with Crippen LogP contribution in [0.1, 0.15) is 38.8 Å². The van der Waals surface area contributed by atoms with E-state index in [-0.39, 0.29) is 22.6 Å². The number of anilines is 1. The normalized spacial score (nSPS) is 13.7. The number of rotatable bonds is 7. The summed E-state index contributed by atoms with van der Waals surface area (Å²) in [7, 11) is -4.24. The average Bonchev–Trinajstić information content (AvgIpc) is 2.90. The van der Waals surface area contributed by atoms with E-state index in [1.165, 1.54) is 30.3 Å². The van der Waals surface area contributed by atoms with E-state index >= 15 is 0 Å². The van der Waals surface area contributed by atoms with E-state index in [1.54, 1.807) is 6.92 Å². The van der Waals surface area contributed by atoms with Gasteiger partial charge in [0.05, 0.1) is 16.3 Å². The first-order valence-electron chi connectivity index (χ1n) is 12.1. The van der Waals surface area contributed by atoms with Gasteiger partial charge in [-0.05, 0) is 59.9 Å². The van der Waals surface area contributed by atoms with Crippen molar-refractivity contribution in [3.05, 3.63) is 83.7 Å². The number of nitrogens with one attached hydrogen (secondary N) is 1. The van der Waals surface area contributed by atoms with Gasteiger partial charge in [-0.1, -0.05) is 45.0 Å². The molecule has 0 radical (unpaired) electrons. The van der Waals surface area contributed by atoms with Crippen molar-refractivity contribution in [1.82, 2.24) is 5.43 Å². The standard InChI is InChI=1S/C28H30FN3O5S/c1-19(20-5-7-21(8-6-20)28(2,3)4)30-31-27(33)18-32(23-11-9-22(29)10-12-23)38(34,35)24-13-14-25-26(17-24)37-16-15-36-25/h5-14,17H,15-16,18H2,1-4H3,(H,31,33). The predicted octanol–water partition coefficient (Wildman–Crippen LogP) is 4.63. The lowest BCUT2D eigenvalue weighted by Gasteiger charge is -2.25. The summed E-state index contributed by atoms with van der Waals surface area (Å²) in [6, 6.07) is 16.9. The van der Waals surface area contributed by atoms with Crippen LogP contribution in [0.3, 0.4) is 0 Å². The number of carbonyl (C=O) groups is 1. The van der Waals surface area contributed by atoms with Crippen LogP contribution in [0, 0.1) is 5.82 Å². The number of hydrogen-bond acceptors (Lipinski definition) is 6. The number of hydrogen-bond donors (Lipinski definition) is 1. The third kappa shape index (κ3) is 6.13. The zero-order chi connectivity index (χ0) is 27.5. The van der Waals surface area contributed by atoms with Crippen molar-refractivity contribution in [2.75, 3.05) is 24.1 Å². The maximum Gasteiger partial charge on any atom is 0.264 e. The predicted molar refractivity (Wildman–Crippen MR) is 144 cm³/mol. The molecule has 1 aliphatic heterocycles. The molecule has 0 saturated heterocycles. The Bertz CT molecular complexity index is 1450. The second-order valence-corrected chi connectivity index (χ2v) is 11.7. The second-order valence-electron chi connectivity index (χ2n) is 9.85. The van der Waals surface area contributed by atoms with Gasteiger partial charge >= 0.3 is 0 Å². The lowest BCUT2D eigenvalue weighted by atomic mass is 9.86. The number of hydrazone groups is 1. The third-order valence-corrected chi connectivity index (χ3v) is 7.79. The summed E-state index contributed by atoms with van der Waals surface area (Å²) in [6.07, 6.45) is 0. The second kappa shape index (κ2) is 10.8. The van der Waals surface area contributed by atoms with Crippen molar-refractivity contribution in [2.45, 2.75) is 38.0 Å². The third-order valence-electron chi connectivity index (χ3n) is 6.02. The van der Waals surface area contributed by atoms with Gasteiger partial charge in [0.2, 0.25) is 0 Å². The number of fused-ring (bicyclic) bond motifs is 1. The van der Waals surface area contributed by atoms with Crippen LogP contribution >= 0.6 is 0 Å². The molecule has 0 atom stereocenters. The molecule has 1 heterocycles. The van der Waals surface area contributed by atoms with Gasteiger partial charge in [-0.25, -0.2) is 18.2 Å². The van der Waals surface area contributed by atoms with Crippen molar-refractivity contribution in [3.63, 3.8) is 0 Å². The summed E-state index contributed by atoms with van der Waals surface area (Å²) in [5, 5.41) is 4.16. The first-order chi connectivity index (χ1) is 17.9.